The number of hydrogen-bond donors (Lipinski definition) is 2. The Labute approximate surface area is 449 Å². The van der Waals surface area contributed by atoms with Crippen LogP contribution >= 0.6 is 0 Å². The van der Waals surface area contributed by atoms with Gasteiger partial charge in [0.05, 0.1) is 9.79 Å². The van der Waals surface area contributed by atoms with Crippen molar-refractivity contribution >= 4 is 54.4 Å². The molecular weight excluding hydrogens is 985 g/mol. The second-order valence-electron chi connectivity index (χ2n) is 22.8. The van der Waals surface area contributed by atoms with Crippen LogP contribution in [-0.2, 0) is 52.1 Å². The Morgan fingerprint density at radius 3 is 1.27 bits per heavy atom. The average molecular weight is 1070 g/mol. The summed E-state index contributed by atoms with van der Waals surface area (Å²) in [4.78, 5) is 58.8. The molecule has 412 valence electrons. The molecule has 2 aliphatic rings. The van der Waals surface area contributed by atoms with Crippen LogP contribution in [0.4, 0.5) is 0 Å². The number of amides is 4. The zero-order chi connectivity index (χ0) is 54.2. The van der Waals surface area contributed by atoms with E-state index in [-0.39, 0.29) is 78.9 Å². The summed E-state index contributed by atoms with van der Waals surface area (Å²) in [5.41, 5.74) is 0.679. The fourth-order valence-electron chi connectivity index (χ4n) is 9.91. The summed E-state index contributed by atoms with van der Waals surface area (Å²) in [5.74, 6) is -1.42. The Bertz CT molecular complexity index is 2610. The first-order valence-electron chi connectivity index (χ1n) is 26.7. The highest BCUT2D eigenvalue weighted by atomic mass is 32.2. The third-order valence-electron chi connectivity index (χ3n) is 15.1. The highest BCUT2D eigenvalue weighted by Crippen LogP contribution is 2.32. The van der Waals surface area contributed by atoms with Crippen molar-refractivity contribution in [1.82, 2.24) is 29.0 Å². The van der Waals surface area contributed by atoms with Crippen molar-refractivity contribution in [3.05, 3.63) is 108 Å². The standard InChI is InChI=1S/C58H82N6O8S2.CH4/c1-11-41(3)53(65)59-51(57(5,6)7)55(67)63-33-19-25-47(63)39-61(35-31-43-21-15-13-16-22-43)73(69,70)49-29-27-45-28-30-50(38-46(45)37-49)74(71,72)62(36-32-44-23-17-14-18-24-44)40-48-26-20-34-64(48)56(68)52(58(8,9)10)60-54(66)42(4)12-2;/h13-18,21-24,27-30,37-38,41-42,47-48,51-52H,11-12,19-20,25-26,31-36,39-40H2,1-10H3,(H,59,65)(H,60,66);1H4/t41-,42-,47+,48+,51-,52-;/m1./s1. The smallest absolute Gasteiger partial charge is 0.245 e. The summed E-state index contributed by atoms with van der Waals surface area (Å²) in [5, 5.41) is 7.11. The molecule has 0 radical (unpaired) electrons. The molecule has 0 unspecified atom stereocenters. The zero-order valence-electron chi connectivity index (χ0n) is 45.5. The van der Waals surface area contributed by atoms with Crippen LogP contribution in [0.1, 0.15) is 126 Å². The summed E-state index contributed by atoms with van der Waals surface area (Å²) < 4.78 is 63.3. The molecule has 4 aromatic carbocycles. The van der Waals surface area contributed by atoms with Crippen LogP contribution in [0.25, 0.3) is 10.8 Å². The van der Waals surface area contributed by atoms with Crippen molar-refractivity contribution in [2.75, 3.05) is 39.3 Å². The van der Waals surface area contributed by atoms with Crippen LogP contribution < -0.4 is 10.6 Å². The van der Waals surface area contributed by atoms with Crippen molar-refractivity contribution in [2.45, 2.75) is 162 Å². The lowest BCUT2D eigenvalue weighted by Gasteiger charge is -2.37. The molecule has 0 bridgehead atoms. The van der Waals surface area contributed by atoms with Crippen molar-refractivity contribution < 1.29 is 36.0 Å². The molecule has 16 heteroatoms. The summed E-state index contributed by atoms with van der Waals surface area (Å²) in [6.07, 6.45) is 4.60. The van der Waals surface area contributed by atoms with Crippen LogP contribution in [0.5, 0.6) is 0 Å². The first-order valence-corrected chi connectivity index (χ1v) is 29.6. The van der Waals surface area contributed by atoms with Gasteiger partial charge in [0.1, 0.15) is 12.1 Å². The number of sulfonamides is 2. The van der Waals surface area contributed by atoms with Crippen LogP contribution in [0.15, 0.2) is 107 Å². The maximum absolute atomic E-state index is 15.1. The monoisotopic (exact) mass is 1070 g/mol. The molecule has 2 aliphatic heterocycles. The lowest BCUT2D eigenvalue weighted by molar-refractivity contribution is -0.141. The average Bonchev–Trinajstić information content (AvgIpc) is 4.05. The van der Waals surface area contributed by atoms with Gasteiger partial charge in [-0.15, -0.1) is 0 Å². The Morgan fingerprint density at radius 1 is 0.573 bits per heavy atom. The first-order chi connectivity index (χ1) is 34.9. The van der Waals surface area contributed by atoms with Gasteiger partial charge in [-0.05, 0) is 108 Å². The highest BCUT2D eigenvalue weighted by Gasteiger charge is 2.43. The molecule has 0 saturated carbocycles. The molecule has 0 aromatic heterocycles. The molecule has 2 N–H and O–H groups in total. The lowest BCUT2D eigenvalue weighted by atomic mass is 9.85. The van der Waals surface area contributed by atoms with Crippen molar-refractivity contribution in [1.29, 1.82) is 0 Å². The predicted molar refractivity (Wildman–Crippen MR) is 300 cm³/mol. The molecule has 75 heavy (non-hydrogen) atoms. The maximum Gasteiger partial charge on any atom is 0.245 e. The number of rotatable bonds is 22. The Morgan fingerprint density at radius 2 is 0.933 bits per heavy atom. The van der Waals surface area contributed by atoms with Gasteiger partial charge in [0.25, 0.3) is 0 Å². The number of likely N-dealkylation sites (tertiary alicyclic amines) is 2. The minimum absolute atomic E-state index is 0. The van der Waals surface area contributed by atoms with Gasteiger partial charge in [0.2, 0.25) is 43.7 Å². The van der Waals surface area contributed by atoms with Gasteiger partial charge >= 0.3 is 0 Å². The largest absolute Gasteiger partial charge is 0.344 e. The molecule has 0 aliphatic carbocycles. The molecule has 2 fully saturated rings. The number of nitrogens with zero attached hydrogens (tertiary/aromatic N) is 4. The minimum atomic E-state index is -4.25. The Kier molecular flexibility index (Phi) is 20.9. The van der Waals surface area contributed by atoms with Gasteiger partial charge in [-0.2, -0.15) is 8.61 Å². The molecule has 4 amide bonds. The topological polar surface area (TPSA) is 174 Å². The molecular formula is C59H86N6O8S2. The summed E-state index contributed by atoms with van der Waals surface area (Å²) in [6, 6.07) is 26.2. The number of carbonyl (C=O) groups excluding carboxylic acids is 4. The zero-order valence-corrected chi connectivity index (χ0v) is 47.1. The van der Waals surface area contributed by atoms with Crippen LogP contribution in [0, 0.1) is 22.7 Å². The number of hydrogen-bond acceptors (Lipinski definition) is 8. The number of nitrogens with one attached hydrogen (secondary N) is 2. The fourth-order valence-corrected chi connectivity index (χ4v) is 12.9. The van der Waals surface area contributed by atoms with E-state index in [1.807, 2.05) is 130 Å². The van der Waals surface area contributed by atoms with Gasteiger partial charge in [-0.25, -0.2) is 16.8 Å². The van der Waals surface area contributed by atoms with E-state index in [2.05, 4.69) is 10.6 Å². The quantitative estimate of drug-likeness (QED) is 0.0785. The second kappa shape index (κ2) is 25.8. The minimum Gasteiger partial charge on any atom is -0.344 e. The first kappa shape index (κ1) is 60.7. The van der Waals surface area contributed by atoms with E-state index in [1.54, 1.807) is 34.1 Å². The fraction of sp³-hybridized carbons (Fsp3) is 0.559. The number of carbonyl (C=O) groups is 4. The Balaban J connectivity index is 0.0000104. The van der Waals surface area contributed by atoms with Gasteiger partial charge in [0, 0.05) is 63.2 Å². The number of benzene rings is 4. The summed E-state index contributed by atoms with van der Waals surface area (Å²) in [6.45, 7) is 20.2. The molecule has 14 nitrogen and oxygen atoms in total. The second-order valence-corrected chi connectivity index (χ2v) is 26.6. The van der Waals surface area contributed by atoms with Gasteiger partial charge in [-0.1, -0.05) is 149 Å². The van der Waals surface area contributed by atoms with Crippen LogP contribution in [-0.4, -0.2) is 122 Å². The van der Waals surface area contributed by atoms with Gasteiger partial charge in [0.15, 0.2) is 0 Å². The summed E-state index contributed by atoms with van der Waals surface area (Å²) >= 11 is 0. The lowest BCUT2D eigenvalue weighted by Crippen LogP contribution is -2.57. The maximum atomic E-state index is 15.1. The Hall–Kier alpha value is -5.16. The van der Waals surface area contributed by atoms with E-state index >= 15 is 16.8 Å². The molecule has 2 heterocycles. The normalized spacial score (nSPS) is 18.1. The van der Waals surface area contributed by atoms with E-state index in [0.29, 0.717) is 75.2 Å². The number of fused-ring (bicyclic) bond motifs is 1. The van der Waals surface area contributed by atoms with E-state index < -0.39 is 55.0 Å². The SMILES string of the molecule is C.CC[C@@H](C)C(=O)N[C@H](C(=O)N1CCC[C@H]1CN(CCc1ccccc1)S(=O)(=O)c1ccc2ccc(S(=O)(=O)N(CCc3ccccc3)C[C@@H]3CCCN3C(=O)[C@@H](NC(=O)[C@H](C)CC)C(C)(C)C)cc2c1)C(C)(C)C. The predicted octanol–water partition coefficient (Wildman–Crippen LogP) is 9.08. The molecule has 6 rings (SSSR count). The highest BCUT2D eigenvalue weighted by molar-refractivity contribution is 7.89. The van der Waals surface area contributed by atoms with E-state index in [1.165, 1.54) is 20.7 Å². The molecule has 6 atom stereocenters. The third-order valence-corrected chi connectivity index (χ3v) is 18.8. The van der Waals surface area contributed by atoms with Crippen molar-refractivity contribution in [3.8, 4) is 0 Å². The van der Waals surface area contributed by atoms with Gasteiger partial charge in [-0.3, -0.25) is 19.2 Å². The van der Waals surface area contributed by atoms with Crippen LogP contribution in [0.3, 0.4) is 0 Å². The van der Waals surface area contributed by atoms with Crippen LogP contribution in [0.2, 0.25) is 0 Å². The summed E-state index contributed by atoms with van der Waals surface area (Å²) in [7, 11) is -8.49. The van der Waals surface area contributed by atoms with Gasteiger partial charge < -0.3 is 20.4 Å². The molecule has 0 spiro atoms. The molecule has 4 aromatic rings. The van der Waals surface area contributed by atoms with E-state index in [4.69, 9.17) is 0 Å². The molecule has 2 saturated heterocycles. The van der Waals surface area contributed by atoms with E-state index in [0.717, 1.165) is 11.1 Å². The van der Waals surface area contributed by atoms with Crippen molar-refractivity contribution in [3.63, 3.8) is 0 Å². The van der Waals surface area contributed by atoms with Crippen molar-refractivity contribution in [2.24, 2.45) is 22.7 Å². The third kappa shape index (κ3) is 15.1. The van der Waals surface area contributed by atoms with E-state index in [9.17, 15) is 19.2 Å².